The summed E-state index contributed by atoms with van der Waals surface area (Å²) in [4.78, 5) is 31.3. The molecule has 0 atom stereocenters. The van der Waals surface area contributed by atoms with Crippen molar-refractivity contribution in [2.45, 2.75) is 18.5 Å². The van der Waals surface area contributed by atoms with Crippen LogP contribution in [0.1, 0.15) is 0 Å². The van der Waals surface area contributed by atoms with Crippen molar-refractivity contribution < 1.29 is 53.9 Å². The van der Waals surface area contributed by atoms with Gasteiger partial charge in [-0.05, 0) is 0 Å². The molecule has 0 aliphatic heterocycles. The van der Waals surface area contributed by atoms with Gasteiger partial charge in [-0.2, -0.15) is 39.5 Å². The van der Waals surface area contributed by atoms with Gasteiger partial charge in [-0.25, -0.2) is 0 Å². The highest BCUT2D eigenvalue weighted by molar-refractivity contribution is 7.29. The highest BCUT2D eigenvalue weighted by Gasteiger charge is 2.67. The van der Waals surface area contributed by atoms with Crippen LogP contribution in [0.2, 0.25) is 0 Å². The molecule has 0 fully saturated rings. The number of halogens is 9. The molecule has 0 aliphatic rings. The van der Waals surface area contributed by atoms with Crippen molar-refractivity contribution in [3.63, 3.8) is 0 Å². The van der Waals surface area contributed by atoms with Gasteiger partial charge < -0.3 is 14.4 Å². The first-order valence-electron chi connectivity index (χ1n) is 3.93. The maximum absolute atomic E-state index is 11.8. The van der Waals surface area contributed by atoms with Crippen molar-refractivity contribution in [2.75, 3.05) is 0 Å². The summed E-state index contributed by atoms with van der Waals surface area (Å²) in [5.41, 5.74) is 0. The van der Waals surface area contributed by atoms with E-state index in [2.05, 4.69) is 0 Å². The summed E-state index contributed by atoms with van der Waals surface area (Å²) in [7, 11) is 0. The fraction of sp³-hybridized carbons (Fsp3) is 0.500. The van der Waals surface area contributed by atoms with Crippen LogP contribution in [0.5, 0.6) is 0 Å². The third-order valence-corrected chi connectivity index (χ3v) is 4.18. The van der Waals surface area contributed by atoms with Crippen molar-refractivity contribution in [1.29, 1.82) is 0 Å². The van der Waals surface area contributed by atoms with Crippen LogP contribution in [-0.2, 0) is 14.4 Å². The van der Waals surface area contributed by atoms with Gasteiger partial charge in [-0.1, -0.05) is 0 Å². The van der Waals surface area contributed by atoms with Crippen LogP contribution in [0.4, 0.5) is 39.5 Å². The van der Waals surface area contributed by atoms with E-state index >= 15 is 0 Å². The Kier molecular flexibility index (Phi) is 4.83. The molecule has 0 rings (SSSR count). The molecule has 0 aromatic heterocycles. The van der Waals surface area contributed by atoms with Gasteiger partial charge in [-0.15, -0.1) is 0 Å². The van der Waals surface area contributed by atoms with E-state index in [-0.39, 0.29) is 0 Å². The summed E-state index contributed by atoms with van der Waals surface area (Å²) in [6.07, 6.45) is -18.4. The summed E-state index contributed by atoms with van der Waals surface area (Å²) >= 11 is -6.18. The van der Waals surface area contributed by atoms with E-state index in [4.69, 9.17) is 0 Å². The Balaban J connectivity index is 5.74. The zero-order valence-corrected chi connectivity index (χ0v) is 9.36. The van der Waals surface area contributed by atoms with E-state index < -0.39 is 46.6 Å². The first-order chi connectivity index (χ1) is 8.10. The zero-order valence-electron chi connectivity index (χ0n) is 8.20. The van der Waals surface area contributed by atoms with Gasteiger partial charge in [-0.3, -0.25) is 0 Å². The van der Waals surface area contributed by atoms with Crippen LogP contribution in [0.3, 0.4) is 0 Å². The Bertz CT molecular complexity index is 342. The van der Waals surface area contributed by atoms with Crippen LogP contribution < -0.4 is 0 Å². The second-order valence-corrected chi connectivity index (χ2v) is 5.46. The lowest BCUT2D eigenvalue weighted by Crippen LogP contribution is -2.58. The largest absolute Gasteiger partial charge is 0.594 e. The first-order valence-corrected chi connectivity index (χ1v) is 5.66. The fourth-order valence-corrected chi connectivity index (χ4v) is 2.54. The number of carbonyl (C=O) groups excluding carboxylic acids is 3. The van der Waals surface area contributed by atoms with Crippen molar-refractivity contribution in [3.8, 4) is 0 Å². The molecule has 0 saturated heterocycles. The minimum absolute atomic E-state index is 3.59. The van der Waals surface area contributed by atoms with Gasteiger partial charge in [0, 0.05) is 0 Å². The molecule has 0 aromatic carbocycles. The van der Waals surface area contributed by atoms with E-state index in [0.717, 1.165) is 0 Å². The van der Waals surface area contributed by atoms with E-state index in [9.17, 15) is 53.9 Å². The predicted octanol–water partition coefficient (Wildman–Crippen LogP) is 1.49. The predicted molar refractivity (Wildman–Crippen MR) is 38.9 cm³/mol. The molecule has 0 heterocycles. The number of hydrogen-bond donors (Lipinski definition) is 0. The molecule has 0 saturated carbocycles. The third kappa shape index (κ3) is 4.50. The molecule has 0 aliphatic carbocycles. The van der Waals surface area contributed by atoms with Crippen molar-refractivity contribution in [3.05, 3.63) is 0 Å². The van der Waals surface area contributed by atoms with Crippen LogP contribution >= 0.6 is 0 Å². The van der Waals surface area contributed by atoms with Gasteiger partial charge >= 0.3 is 32.7 Å². The highest BCUT2D eigenvalue weighted by Crippen LogP contribution is 2.27. The summed E-state index contributed by atoms with van der Waals surface area (Å²) in [5, 5.41) is 0. The quantitative estimate of drug-likeness (QED) is 0.585. The Hall–Kier alpha value is -1.09. The van der Waals surface area contributed by atoms with Crippen LogP contribution in [0.25, 0.3) is 0 Å². The number of carbonyl (C=O) groups is 3. The number of alkyl halides is 9. The topological polar surface area (TPSA) is 51.2 Å². The van der Waals surface area contributed by atoms with Crippen LogP contribution in [0, 0.1) is 0 Å². The smallest absolute Gasteiger partial charge is 0.310 e. The molecule has 0 unspecified atom stereocenters. The van der Waals surface area contributed by atoms with Gasteiger partial charge in [0.1, 0.15) is 0 Å². The lowest BCUT2D eigenvalue weighted by atomic mass is 10.7. The van der Waals surface area contributed by atoms with E-state index in [0.29, 0.717) is 0 Å². The normalized spacial score (nSPS) is 13.1. The summed E-state index contributed by atoms with van der Waals surface area (Å²) in [5.74, 6) is 0. The van der Waals surface area contributed by atoms with Crippen LogP contribution in [0.15, 0.2) is 0 Å². The second kappa shape index (κ2) is 5.12. The lowest BCUT2D eigenvalue weighted by molar-refractivity contribution is -0.173. The molecule has 0 spiro atoms. The van der Waals surface area contributed by atoms with Gasteiger partial charge in [0.05, 0.1) is 0 Å². The van der Waals surface area contributed by atoms with Gasteiger partial charge in [0.15, 0.2) is 13.9 Å². The fourth-order valence-electron chi connectivity index (χ4n) is 0.848. The average Bonchev–Trinajstić information content (AvgIpc) is 2.13. The van der Waals surface area contributed by atoms with E-state index in [1.807, 2.05) is 0 Å². The molecule has 0 bridgehead atoms. The van der Waals surface area contributed by atoms with E-state index in [1.54, 1.807) is 0 Å². The number of hydrogen-bond acceptors (Lipinski definition) is 3. The molecule has 0 radical (unpaired) electrons. The average molecular weight is 318 g/mol. The third-order valence-electron chi connectivity index (χ3n) is 1.62. The Morgan fingerprint density at radius 3 is 0.789 bits per heavy atom. The lowest BCUT2D eigenvalue weighted by Gasteiger charge is -2.14. The van der Waals surface area contributed by atoms with Crippen LogP contribution in [-0.4, -0.2) is 46.6 Å². The number of rotatable bonds is 3. The Labute approximate surface area is 101 Å². The molecular formula is C6AlF9O3. The maximum atomic E-state index is 11.8. The van der Waals surface area contributed by atoms with Crippen molar-refractivity contribution >= 4 is 28.1 Å². The van der Waals surface area contributed by atoms with Gasteiger partial charge in [0.25, 0.3) is 0 Å². The van der Waals surface area contributed by atoms with Crippen molar-refractivity contribution in [1.82, 2.24) is 0 Å². The standard InChI is InChI=1S/3C2F3O.Al/c3*3-2(4,5)1-6;. The molecule has 0 amide bonds. The molecular weight excluding hydrogens is 318 g/mol. The first kappa shape index (κ1) is 17.9. The molecule has 0 N–H and O–H groups in total. The molecule has 19 heavy (non-hydrogen) atoms. The maximum Gasteiger partial charge on any atom is 0.594 e. The Morgan fingerprint density at radius 1 is 0.526 bits per heavy atom. The summed E-state index contributed by atoms with van der Waals surface area (Å²) in [6.45, 7) is 0. The van der Waals surface area contributed by atoms with Gasteiger partial charge in [0.2, 0.25) is 0 Å². The molecule has 13 heteroatoms. The SMILES string of the molecule is O=[C]([Al]([C](=O)C(F)(F)F)[C](=O)C(F)(F)F)C(F)(F)F. The highest BCUT2D eigenvalue weighted by atomic mass is 27.2. The van der Waals surface area contributed by atoms with E-state index in [1.165, 1.54) is 0 Å². The van der Waals surface area contributed by atoms with Crippen molar-refractivity contribution in [2.24, 2.45) is 0 Å². The second-order valence-electron chi connectivity index (χ2n) is 3.02. The molecule has 108 valence electrons. The monoisotopic (exact) mass is 318 g/mol. The molecule has 0 aromatic rings. The summed E-state index contributed by atoms with van der Waals surface area (Å²) in [6, 6.07) is 0. The zero-order chi connectivity index (χ0) is 15.8. The Morgan fingerprint density at radius 2 is 0.684 bits per heavy atom. The summed E-state index contributed by atoms with van der Waals surface area (Å²) < 4.78 is 95.8. The minimum atomic E-state index is -6.18. The molecule has 3 nitrogen and oxygen atoms in total. The minimum Gasteiger partial charge on any atom is -0.310 e.